The summed E-state index contributed by atoms with van der Waals surface area (Å²) in [6, 6.07) is 20.4. The first kappa shape index (κ1) is 43.9. The Hall–Kier alpha value is -5.09. The van der Waals surface area contributed by atoms with Crippen LogP contribution < -0.4 is 0 Å². The lowest BCUT2D eigenvalue weighted by Crippen LogP contribution is -2.07. The molecule has 0 amide bonds. The Labute approximate surface area is 304 Å². The molecule has 0 unspecified atom stereocenters. The Kier molecular flexibility index (Phi) is 24.1. The van der Waals surface area contributed by atoms with E-state index < -0.39 is 17.2 Å². The van der Waals surface area contributed by atoms with Crippen LogP contribution in [-0.4, -0.2) is 76.5 Å². The maximum Gasteiger partial charge on any atom is 0.337 e. The Balaban J connectivity index is 0.000000620. The van der Waals surface area contributed by atoms with E-state index in [1.54, 1.807) is 73.1 Å². The van der Waals surface area contributed by atoms with Crippen molar-refractivity contribution in [1.29, 1.82) is 0 Å². The van der Waals surface area contributed by atoms with Crippen molar-refractivity contribution in [1.82, 2.24) is 30.0 Å². The molecule has 3 aromatic carbocycles. The third kappa shape index (κ3) is 16.0. The second kappa shape index (κ2) is 26.9. The van der Waals surface area contributed by atoms with Crippen LogP contribution in [0.15, 0.2) is 108 Å². The number of halogens is 2. The van der Waals surface area contributed by atoms with Gasteiger partial charge in [-0.2, -0.15) is 30.0 Å². The van der Waals surface area contributed by atoms with Crippen LogP contribution in [0.3, 0.4) is 0 Å². The maximum atomic E-state index is 11.1. The second-order valence-corrected chi connectivity index (χ2v) is 9.35. The number of hydrogen-bond donors (Lipinski definition) is 2. The molecule has 5 aromatic rings. The number of aromatic carboxylic acids is 2. The first-order chi connectivity index (χ1) is 23.8. The molecule has 15 heteroatoms. The molecule has 0 atom stereocenters. The number of nitrogens with zero attached hydrogens (tertiary/aromatic N) is 8. The molecule has 6 rings (SSSR count). The summed E-state index contributed by atoms with van der Waals surface area (Å²) in [5, 5.41) is 32.5. The number of carbonyl (C=O) groups excluding carboxylic acids is 1. The lowest BCUT2D eigenvalue weighted by atomic mass is 10.2. The molecule has 0 bridgehead atoms. The highest BCUT2D eigenvalue weighted by Crippen LogP contribution is 2.14. The summed E-state index contributed by atoms with van der Waals surface area (Å²) in [5.41, 5.74) is 1.99. The summed E-state index contributed by atoms with van der Waals surface area (Å²) in [6.07, 6.45) is 9.46. The first-order valence-corrected chi connectivity index (χ1v) is 16.6. The van der Waals surface area contributed by atoms with Crippen molar-refractivity contribution >= 4 is 63.8 Å². The van der Waals surface area contributed by atoms with Gasteiger partial charge in [-0.1, -0.05) is 77.9 Å². The topological polar surface area (TPSA) is 178 Å². The van der Waals surface area contributed by atoms with Gasteiger partial charge in [0, 0.05) is 16.0 Å². The minimum Gasteiger partial charge on any atom is -0.478 e. The van der Waals surface area contributed by atoms with Crippen LogP contribution in [0.1, 0.15) is 72.6 Å². The van der Waals surface area contributed by atoms with E-state index in [1.165, 1.54) is 40.4 Å². The Bertz CT molecular complexity index is 1620. The van der Waals surface area contributed by atoms with Gasteiger partial charge in [-0.3, -0.25) is 14.8 Å². The zero-order valence-corrected chi connectivity index (χ0v) is 31.0. The molecule has 2 aromatic heterocycles. The highest BCUT2D eigenvalue weighted by molar-refractivity contribution is 14.1. The van der Waals surface area contributed by atoms with E-state index in [9.17, 15) is 14.4 Å². The second-order valence-electron chi connectivity index (χ2n) is 7.84. The van der Waals surface area contributed by atoms with Gasteiger partial charge in [-0.15, -0.1) is 0 Å². The van der Waals surface area contributed by atoms with E-state index >= 15 is 0 Å². The fourth-order valence-corrected chi connectivity index (χ4v) is 3.97. The number of carboxylic acids is 2. The van der Waals surface area contributed by atoms with E-state index in [-0.39, 0.29) is 5.56 Å². The van der Waals surface area contributed by atoms with E-state index in [4.69, 9.17) is 21.8 Å². The van der Waals surface area contributed by atoms with Crippen LogP contribution in [-0.2, 0) is 0 Å². The molecular formula is C34H40ClIN8O5. The van der Waals surface area contributed by atoms with Crippen molar-refractivity contribution < 1.29 is 24.6 Å². The zero-order chi connectivity index (χ0) is 37.0. The third-order valence-corrected chi connectivity index (χ3v) is 6.21. The van der Waals surface area contributed by atoms with Gasteiger partial charge in [-0.25, -0.2) is 9.59 Å². The number of benzene rings is 3. The molecule has 0 radical (unpaired) electrons. The number of aromatic nitrogens is 6. The van der Waals surface area contributed by atoms with Crippen molar-refractivity contribution in [2.24, 2.45) is 9.98 Å². The fourth-order valence-electron chi connectivity index (χ4n) is 3.19. The zero-order valence-electron chi connectivity index (χ0n) is 28.1. The van der Waals surface area contributed by atoms with Crippen molar-refractivity contribution in [2.45, 2.75) is 41.5 Å². The first-order valence-electron chi connectivity index (χ1n) is 15.1. The summed E-state index contributed by atoms with van der Waals surface area (Å²) in [6.45, 7) is 12.6. The average Bonchev–Trinajstić information content (AvgIpc) is 3.98. The molecule has 2 N–H and O–H groups in total. The number of aliphatic imine (C=N–C) groups is 2. The summed E-state index contributed by atoms with van der Waals surface area (Å²) in [4.78, 5) is 42.4. The van der Waals surface area contributed by atoms with Crippen molar-refractivity contribution in [3.05, 3.63) is 118 Å². The van der Waals surface area contributed by atoms with Gasteiger partial charge in [0.25, 0.3) is 5.24 Å². The molecular weight excluding hydrogens is 763 g/mol. The monoisotopic (exact) mass is 802 g/mol. The van der Waals surface area contributed by atoms with Gasteiger partial charge in [0.05, 0.1) is 47.2 Å². The van der Waals surface area contributed by atoms with Crippen molar-refractivity contribution in [3.63, 3.8) is 0 Å². The number of hydrogen-bond acceptors (Lipinski definition) is 9. The van der Waals surface area contributed by atoms with Crippen LogP contribution in [0.4, 0.5) is 0 Å². The molecule has 0 spiro atoms. The molecule has 13 nitrogen and oxygen atoms in total. The smallest absolute Gasteiger partial charge is 0.337 e. The minimum absolute atomic E-state index is 0.184. The van der Waals surface area contributed by atoms with Gasteiger partial charge >= 0.3 is 11.9 Å². The molecule has 0 saturated carbocycles. The summed E-state index contributed by atoms with van der Waals surface area (Å²) in [7, 11) is 0. The van der Waals surface area contributed by atoms with E-state index in [1.807, 2.05) is 70.2 Å². The lowest BCUT2D eigenvalue weighted by molar-refractivity contribution is 0.0685. The van der Waals surface area contributed by atoms with Crippen LogP contribution in [0.5, 0.6) is 0 Å². The van der Waals surface area contributed by atoms with Gasteiger partial charge in [-0.05, 0) is 70.6 Å². The summed E-state index contributed by atoms with van der Waals surface area (Å²) >= 11 is 7.41. The highest BCUT2D eigenvalue weighted by Gasteiger charge is 2.11. The van der Waals surface area contributed by atoms with Crippen molar-refractivity contribution in [2.75, 3.05) is 6.67 Å². The molecule has 0 aliphatic carbocycles. The number of para-hydroxylation sites is 2. The molecule has 260 valence electrons. The molecule has 0 fully saturated rings. The fraction of sp³-hybridized carbons (Fsp3) is 0.206. The van der Waals surface area contributed by atoms with Gasteiger partial charge in [0.2, 0.25) is 0 Å². The normalized spacial score (nSPS) is 9.80. The van der Waals surface area contributed by atoms with E-state index in [0.29, 0.717) is 29.2 Å². The van der Waals surface area contributed by atoms with Crippen LogP contribution in [0.2, 0.25) is 0 Å². The van der Waals surface area contributed by atoms with Crippen LogP contribution in [0, 0.1) is 3.57 Å². The molecule has 1 aliphatic heterocycles. The van der Waals surface area contributed by atoms with Gasteiger partial charge in [0.1, 0.15) is 12.4 Å². The molecule has 3 heterocycles. The molecule has 0 saturated heterocycles. The highest BCUT2D eigenvalue weighted by atomic mass is 127. The predicted molar refractivity (Wildman–Crippen MR) is 202 cm³/mol. The van der Waals surface area contributed by atoms with Crippen molar-refractivity contribution in [3.8, 4) is 11.4 Å². The minimum atomic E-state index is -0.988. The van der Waals surface area contributed by atoms with E-state index in [0.717, 1.165) is 3.57 Å². The van der Waals surface area contributed by atoms with Gasteiger partial charge < -0.3 is 10.2 Å². The lowest BCUT2D eigenvalue weighted by Gasteiger charge is -2.02. The van der Waals surface area contributed by atoms with Crippen LogP contribution in [0.25, 0.3) is 11.4 Å². The van der Waals surface area contributed by atoms with E-state index in [2.05, 4.69) is 30.4 Å². The van der Waals surface area contributed by atoms with Gasteiger partial charge in [0.15, 0.2) is 0 Å². The molecule has 1 aliphatic rings. The number of rotatable bonds is 5. The Morgan fingerprint density at radius 2 is 0.939 bits per heavy atom. The summed E-state index contributed by atoms with van der Waals surface area (Å²) < 4.78 is 0.771. The number of carbonyl (C=O) groups is 3. The third-order valence-electron chi connectivity index (χ3n) is 5.06. The predicted octanol–water partition coefficient (Wildman–Crippen LogP) is 7.78. The largest absolute Gasteiger partial charge is 0.478 e. The maximum absolute atomic E-state index is 11.1. The standard InChI is InChI=1S/C9H6ClN3O.C9H7N3O2.C7H5IO2.C3H4N2.3C2H6/c10-9(14)7-3-1-2-4-8(7)13-11-5-6-12-13;13-9(14)7-3-1-2-4-8(7)12-10-5-6-11-12;8-6-4-2-1-3-5(6)7(9)10;1-2-5-3-4-1;3*1-2/h1-6H;1-6H,(H,13,14);1-4H,(H,9,10);1-2H,3H2;3*1-2H3. The van der Waals surface area contributed by atoms with Crippen LogP contribution >= 0.6 is 34.2 Å². The Morgan fingerprint density at radius 1 is 0.592 bits per heavy atom. The Morgan fingerprint density at radius 3 is 1.27 bits per heavy atom. The SMILES string of the molecule is C1=NCN=C1.CC.CC.CC.O=C(Cl)c1ccccc1-n1nccn1.O=C(O)c1ccccc1-n1nccn1.O=C(O)c1ccccc1I. The molecule has 49 heavy (non-hydrogen) atoms. The number of carboxylic acid groups (broad SMARTS) is 2. The average molecular weight is 803 g/mol. The summed E-state index contributed by atoms with van der Waals surface area (Å²) in [5.74, 6) is -1.86. The quantitative estimate of drug-likeness (QED) is 0.133.